The Kier molecular flexibility index (Phi) is 8.91. The van der Waals surface area contributed by atoms with Crippen molar-refractivity contribution in [2.75, 3.05) is 13.2 Å². The fraction of sp³-hybridized carbons (Fsp3) is 0.259. The van der Waals surface area contributed by atoms with Gasteiger partial charge in [-0.2, -0.15) is 0 Å². The van der Waals surface area contributed by atoms with E-state index in [9.17, 15) is 14.9 Å². The lowest BCUT2D eigenvalue weighted by atomic mass is 10.1. The topological polar surface area (TPSA) is 91.6 Å². The largest absolute Gasteiger partial charge is 0.494 e. The molecule has 0 aliphatic rings. The van der Waals surface area contributed by atoms with Gasteiger partial charge in [0.15, 0.2) is 0 Å². The number of pyridine rings is 1. The summed E-state index contributed by atoms with van der Waals surface area (Å²) in [4.78, 5) is 26.3. The van der Waals surface area contributed by atoms with Crippen LogP contribution in [0.15, 0.2) is 66.7 Å². The lowest BCUT2D eigenvalue weighted by molar-refractivity contribution is -0.384. The van der Waals surface area contributed by atoms with Crippen LogP contribution in [0.1, 0.15) is 43.9 Å². The third kappa shape index (κ3) is 7.55. The van der Waals surface area contributed by atoms with Crippen LogP contribution in [0.25, 0.3) is 23.1 Å². The van der Waals surface area contributed by atoms with E-state index in [0.717, 1.165) is 48.1 Å². The molecule has 2 aromatic carbocycles. The monoisotopic (exact) mass is 460 g/mol. The maximum absolute atomic E-state index is 11.3. The Balaban J connectivity index is 1.40. The number of carbonyl (C=O) groups is 1. The van der Waals surface area contributed by atoms with E-state index in [0.29, 0.717) is 24.3 Å². The van der Waals surface area contributed by atoms with Crippen LogP contribution >= 0.6 is 0 Å². The summed E-state index contributed by atoms with van der Waals surface area (Å²) in [5.41, 5.74) is 2.99. The minimum Gasteiger partial charge on any atom is -0.494 e. The average Bonchev–Trinajstić information content (AvgIpc) is 2.84. The van der Waals surface area contributed by atoms with Crippen molar-refractivity contribution in [1.82, 2.24) is 4.98 Å². The van der Waals surface area contributed by atoms with Gasteiger partial charge in [0.25, 0.3) is 5.69 Å². The first-order valence-corrected chi connectivity index (χ1v) is 11.2. The van der Waals surface area contributed by atoms with Gasteiger partial charge in [-0.25, -0.2) is 9.78 Å². The zero-order valence-electron chi connectivity index (χ0n) is 19.2. The summed E-state index contributed by atoms with van der Waals surface area (Å²) in [5.74, 6) is 0.487. The Morgan fingerprint density at radius 2 is 1.74 bits per heavy atom. The number of nitro groups is 1. The van der Waals surface area contributed by atoms with E-state index in [1.807, 2.05) is 48.6 Å². The molecule has 0 saturated carbocycles. The van der Waals surface area contributed by atoms with Crippen LogP contribution in [0.2, 0.25) is 0 Å². The van der Waals surface area contributed by atoms with Gasteiger partial charge in [-0.1, -0.05) is 30.9 Å². The molecule has 0 radical (unpaired) electrons. The van der Waals surface area contributed by atoms with E-state index in [1.165, 1.54) is 12.1 Å². The zero-order valence-corrected chi connectivity index (χ0v) is 19.2. The SMILES string of the molecule is C=C(C)C(=O)OCCCCCCOc1ccc(/C=C/c2ccc3cc([N+](=O)[O-])ccc3n2)cc1. The quantitative estimate of drug-likeness (QED) is 0.102. The predicted molar refractivity (Wildman–Crippen MR) is 134 cm³/mol. The molecule has 0 atom stereocenters. The van der Waals surface area contributed by atoms with Crippen LogP contribution in [0.5, 0.6) is 5.75 Å². The summed E-state index contributed by atoms with van der Waals surface area (Å²) in [6.07, 6.45) is 7.64. The number of carbonyl (C=O) groups excluding carboxylic acids is 1. The molecule has 0 fully saturated rings. The Hall–Kier alpha value is -4.00. The molecule has 176 valence electrons. The molecule has 7 nitrogen and oxygen atoms in total. The van der Waals surface area contributed by atoms with Gasteiger partial charge in [0, 0.05) is 23.1 Å². The Morgan fingerprint density at radius 3 is 2.44 bits per heavy atom. The fourth-order valence-electron chi connectivity index (χ4n) is 3.23. The molecule has 34 heavy (non-hydrogen) atoms. The molecule has 0 unspecified atom stereocenters. The van der Waals surface area contributed by atoms with Crippen LogP contribution in [0, 0.1) is 10.1 Å². The molecule has 0 N–H and O–H groups in total. The van der Waals surface area contributed by atoms with E-state index in [2.05, 4.69) is 11.6 Å². The number of unbranched alkanes of at least 4 members (excludes halogenated alkanes) is 3. The number of nitrogens with zero attached hydrogens (tertiary/aromatic N) is 2. The van der Waals surface area contributed by atoms with Gasteiger partial charge in [-0.3, -0.25) is 10.1 Å². The zero-order chi connectivity index (χ0) is 24.3. The van der Waals surface area contributed by atoms with Crippen molar-refractivity contribution in [1.29, 1.82) is 0 Å². The smallest absolute Gasteiger partial charge is 0.333 e. The van der Waals surface area contributed by atoms with Crippen LogP contribution < -0.4 is 4.74 Å². The molecule has 0 aliphatic carbocycles. The van der Waals surface area contributed by atoms with Crippen molar-refractivity contribution < 1.29 is 19.2 Å². The second kappa shape index (κ2) is 12.3. The lowest BCUT2D eigenvalue weighted by Crippen LogP contribution is -2.06. The molecule has 3 rings (SSSR count). The van der Waals surface area contributed by atoms with Crippen LogP contribution in [0.4, 0.5) is 5.69 Å². The molecule has 7 heteroatoms. The number of hydrogen-bond acceptors (Lipinski definition) is 6. The summed E-state index contributed by atoms with van der Waals surface area (Å²) in [7, 11) is 0. The van der Waals surface area contributed by atoms with Crippen molar-refractivity contribution in [3.63, 3.8) is 0 Å². The summed E-state index contributed by atoms with van der Waals surface area (Å²) in [6.45, 7) is 6.26. The van der Waals surface area contributed by atoms with Crippen LogP contribution in [-0.4, -0.2) is 29.1 Å². The summed E-state index contributed by atoms with van der Waals surface area (Å²) >= 11 is 0. The fourth-order valence-corrected chi connectivity index (χ4v) is 3.23. The molecular formula is C27H28N2O5. The average molecular weight is 461 g/mol. The molecule has 1 aromatic heterocycles. The Bertz CT molecular complexity index is 1190. The highest BCUT2D eigenvalue weighted by atomic mass is 16.6. The van der Waals surface area contributed by atoms with Gasteiger partial charge >= 0.3 is 5.97 Å². The summed E-state index contributed by atoms with van der Waals surface area (Å²) in [5, 5.41) is 11.6. The number of rotatable bonds is 12. The van der Waals surface area contributed by atoms with Gasteiger partial charge in [0.2, 0.25) is 0 Å². The maximum atomic E-state index is 11.3. The summed E-state index contributed by atoms with van der Waals surface area (Å²) in [6, 6.07) is 16.1. The van der Waals surface area contributed by atoms with E-state index >= 15 is 0 Å². The third-order valence-electron chi connectivity index (χ3n) is 5.12. The van der Waals surface area contributed by atoms with Gasteiger partial charge < -0.3 is 9.47 Å². The normalized spacial score (nSPS) is 11.0. The number of fused-ring (bicyclic) bond motifs is 1. The number of esters is 1. The number of non-ortho nitro benzene ring substituents is 1. The molecule has 0 bridgehead atoms. The van der Waals surface area contributed by atoms with Gasteiger partial charge in [0.1, 0.15) is 5.75 Å². The van der Waals surface area contributed by atoms with Crippen LogP contribution in [0.3, 0.4) is 0 Å². The second-order valence-electron chi connectivity index (χ2n) is 7.95. The van der Waals surface area contributed by atoms with Crippen LogP contribution in [-0.2, 0) is 9.53 Å². The highest BCUT2D eigenvalue weighted by Crippen LogP contribution is 2.21. The first-order valence-electron chi connectivity index (χ1n) is 11.2. The molecule has 0 spiro atoms. The molecule has 3 aromatic rings. The molecular weight excluding hydrogens is 432 g/mol. The van der Waals surface area contributed by atoms with Crippen molar-refractivity contribution in [2.45, 2.75) is 32.6 Å². The molecule has 0 amide bonds. The van der Waals surface area contributed by atoms with Crippen molar-refractivity contribution in [2.24, 2.45) is 0 Å². The van der Waals surface area contributed by atoms with E-state index < -0.39 is 4.92 Å². The summed E-state index contributed by atoms with van der Waals surface area (Å²) < 4.78 is 10.9. The van der Waals surface area contributed by atoms with Gasteiger partial charge in [-0.15, -0.1) is 0 Å². The third-order valence-corrected chi connectivity index (χ3v) is 5.12. The number of nitro benzene ring substituents is 1. The van der Waals surface area contributed by atoms with Crippen molar-refractivity contribution in [3.05, 3.63) is 88.1 Å². The Morgan fingerprint density at radius 1 is 1.00 bits per heavy atom. The highest BCUT2D eigenvalue weighted by molar-refractivity contribution is 5.86. The predicted octanol–water partition coefficient (Wildman–Crippen LogP) is 6.37. The minimum atomic E-state index is -0.409. The van der Waals surface area contributed by atoms with Crippen molar-refractivity contribution in [3.8, 4) is 5.75 Å². The van der Waals surface area contributed by atoms with E-state index in [4.69, 9.17) is 9.47 Å². The number of ether oxygens (including phenoxy) is 2. The van der Waals surface area contributed by atoms with Gasteiger partial charge in [0.05, 0.1) is 29.3 Å². The van der Waals surface area contributed by atoms with E-state index in [-0.39, 0.29) is 11.7 Å². The molecule has 0 saturated heterocycles. The van der Waals surface area contributed by atoms with E-state index in [1.54, 1.807) is 13.0 Å². The first-order chi connectivity index (χ1) is 16.4. The number of aromatic nitrogens is 1. The highest BCUT2D eigenvalue weighted by Gasteiger charge is 2.06. The standard InChI is InChI=1S/C27H28N2O5/c1-20(2)27(30)34-18-6-4-3-5-17-33-25-14-8-21(9-15-25)7-11-23-12-10-22-19-24(29(31)32)13-16-26(22)28-23/h7-16,19H,1,3-6,17-18H2,2H3/b11-7+. The van der Waals surface area contributed by atoms with Crippen molar-refractivity contribution >= 4 is 34.7 Å². The maximum Gasteiger partial charge on any atom is 0.333 e. The lowest BCUT2D eigenvalue weighted by Gasteiger charge is -2.07. The van der Waals surface area contributed by atoms with Gasteiger partial charge in [-0.05, 0) is 68.5 Å². The second-order valence-corrected chi connectivity index (χ2v) is 7.95. The molecule has 0 aliphatic heterocycles. The number of hydrogen-bond donors (Lipinski definition) is 0. The first kappa shape index (κ1) is 24.6. The Labute approximate surface area is 198 Å². The molecule has 1 heterocycles. The number of benzene rings is 2. The minimum absolute atomic E-state index is 0.0570.